The number of guanidine groups is 1. The molecule has 11 heteroatoms. The number of nitrogens with two attached hydrogens (primary N) is 1. The number of amides is 1. The molecule has 3 atom stereocenters. The Hall–Kier alpha value is -3.11. The number of hydrogen-bond donors (Lipinski definition) is 4. The maximum Gasteiger partial charge on any atom is 0.264 e. The molecule has 1 saturated heterocycles. The SMILES string of the molecule is CC(C)[C@@H](C(N)=O)C1(c2ccc(Cl)cc2)NN(C(=N)NS(=O)(=O)c2ccc(Cl)cc2)C[C@@H]1c1ccccc1. The summed E-state index contributed by atoms with van der Waals surface area (Å²) in [4.78, 5) is 13.0. The molecule has 0 radical (unpaired) electrons. The second-order valence-corrected chi connectivity index (χ2v) is 12.1. The number of primary amides is 1. The Bertz CT molecular complexity index is 1420. The summed E-state index contributed by atoms with van der Waals surface area (Å²) in [5.41, 5.74) is 9.91. The predicted molar refractivity (Wildman–Crippen MR) is 149 cm³/mol. The van der Waals surface area contributed by atoms with Gasteiger partial charge in [0.15, 0.2) is 0 Å². The molecule has 0 saturated carbocycles. The van der Waals surface area contributed by atoms with Crippen molar-refractivity contribution in [2.24, 2.45) is 17.6 Å². The number of hydrazine groups is 1. The standard InChI is InChI=1S/C27H29Cl2N5O3S/c1-17(2)24(25(30)35)27(19-8-10-20(28)11-9-19)23(18-6-4-3-5-7-18)16-34(33-27)26(31)32-38(36,37)22-14-12-21(29)13-15-22/h3-15,17,23-24,33H,16H2,1-2H3,(H2,30,35)(H2,31,32)/t23-,24+,27?/m1/s1. The maximum absolute atomic E-state index is 13.0. The third kappa shape index (κ3) is 5.37. The number of carbonyl (C=O) groups excluding carboxylic acids is 1. The number of hydrogen-bond acceptors (Lipinski definition) is 5. The molecule has 5 N–H and O–H groups in total. The van der Waals surface area contributed by atoms with Crippen molar-refractivity contribution in [3.63, 3.8) is 0 Å². The number of halogens is 2. The Labute approximate surface area is 232 Å². The number of benzene rings is 3. The average Bonchev–Trinajstić information content (AvgIpc) is 3.26. The molecule has 0 spiro atoms. The van der Waals surface area contributed by atoms with Crippen LogP contribution in [0.2, 0.25) is 10.0 Å². The van der Waals surface area contributed by atoms with Crippen LogP contribution >= 0.6 is 23.2 Å². The minimum atomic E-state index is -4.08. The summed E-state index contributed by atoms with van der Waals surface area (Å²) in [6.45, 7) is 4.01. The quantitative estimate of drug-likeness (QED) is 0.245. The fourth-order valence-electron chi connectivity index (χ4n) is 5.27. The lowest BCUT2D eigenvalue weighted by atomic mass is 9.64. The lowest BCUT2D eigenvalue weighted by molar-refractivity contribution is -0.127. The maximum atomic E-state index is 13.0. The van der Waals surface area contributed by atoms with Crippen LogP contribution in [0.25, 0.3) is 0 Å². The molecule has 3 aromatic rings. The Morgan fingerprint density at radius 1 is 1.03 bits per heavy atom. The van der Waals surface area contributed by atoms with Crippen LogP contribution in [0.1, 0.15) is 30.9 Å². The van der Waals surface area contributed by atoms with E-state index in [0.29, 0.717) is 10.0 Å². The van der Waals surface area contributed by atoms with Crippen LogP contribution in [-0.4, -0.2) is 31.8 Å². The predicted octanol–water partition coefficient (Wildman–Crippen LogP) is 4.46. The van der Waals surface area contributed by atoms with Crippen molar-refractivity contribution in [1.82, 2.24) is 15.2 Å². The zero-order chi connectivity index (χ0) is 27.7. The minimum Gasteiger partial charge on any atom is -0.369 e. The van der Waals surface area contributed by atoms with Gasteiger partial charge in [0.25, 0.3) is 10.0 Å². The van der Waals surface area contributed by atoms with Gasteiger partial charge in [-0.2, -0.15) is 0 Å². The van der Waals surface area contributed by atoms with Crippen LogP contribution in [0.4, 0.5) is 0 Å². The molecule has 1 aliphatic rings. The fourth-order valence-corrected chi connectivity index (χ4v) is 6.49. The number of sulfonamides is 1. The van der Waals surface area contributed by atoms with Gasteiger partial charge in [0.1, 0.15) is 0 Å². The van der Waals surface area contributed by atoms with E-state index in [-0.39, 0.29) is 23.3 Å². The second-order valence-electron chi connectivity index (χ2n) is 9.59. The summed E-state index contributed by atoms with van der Waals surface area (Å²) in [7, 11) is -4.08. The lowest BCUT2D eigenvalue weighted by Gasteiger charge is -2.43. The molecule has 1 unspecified atom stereocenters. The first-order valence-corrected chi connectivity index (χ1v) is 14.2. The van der Waals surface area contributed by atoms with E-state index in [0.717, 1.165) is 11.1 Å². The van der Waals surface area contributed by atoms with Gasteiger partial charge in [0.2, 0.25) is 11.9 Å². The van der Waals surface area contributed by atoms with Crippen molar-refractivity contribution in [1.29, 1.82) is 5.41 Å². The first-order valence-electron chi connectivity index (χ1n) is 12.0. The van der Waals surface area contributed by atoms with Gasteiger partial charge in [-0.25, -0.2) is 18.6 Å². The smallest absolute Gasteiger partial charge is 0.264 e. The van der Waals surface area contributed by atoms with Crippen molar-refractivity contribution in [3.8, 4) is 0 Å². The first-order chi connectivity index (χ1) is 18.0. The summed E-state index contributed by atoms with van der Waals surface area (Å²) >= 11 is 12.1. The molecular formula is C27H29Cl2N5O3S. The minimum absolute atomic E-state index is 0.0355. The van der Waals surface area contributed by atoms with E-state index < -0.39 is 33.3 Å². The van der Waals surface area contributed by atoms with Gasteiger partial charge in [0.05, 0.1) is 16.4 Å². The van der Waals surface area contributed by atoms with Gasteiger partial charge in [0, 0.05) is 22.5 Å². The highest BCUT2D eigenvalue weighted by Crippen LogP contribution is 2.49. The number of carbonyl (C=O) groups is 1. The largest absolute Gasteiger partial charge is 0.369 e. The van der Waals surface area contributed by atoms with Gasteiger partial charge in [-0.05, 0) is 53.4 Å². The van der Waals surface area contributed by atoms with Gasteiger partial charge in [-0.3, -0.25) is 15.2 Å². The van der Waals surface area contributed by atoms with Crippen molar-refractivity contribution in [2.75, 3.05) is 6.54 Å². The highest BCUT2D eigenvalue weighted by atomic mass is 35.5. The second kappa shape index (κ2) is 10.9. The molecule has 3 aromatic carbocycles. The van der Waals surface area contributed by atoms with E-state index >= 15 is 0 Å². The molecule has 1 heterocycles. The summed E-state index contributed by atoms with van der Waals surface area (Å²) in [6.07, 6.45) is 0. The summed E-state index contributed by atoms with van der Waals surface area (Å²) in [5, 5.41) is 11.1. The topological polar surface area (TPSA) is 128 Å². The zero-order valence-electron chi connectivity index (χ0n) is 20.9. The van der Waals surface area contributed by atoms with Crippen LogP contribution in [0, 0.1) is 17.2 Å². The zero-order valence-corrected chi connectivity index (χ0v) is 23.2. The number of nitrogens with one attached hydrogen (secondary N) is 3. The molecule has 1 fully saturated rings. The third-order valence-corrected chi connectivity index (χ3v) is 8.71. The normalized spacial score (nSPS) is 20.3. The molecule has 4 rings (SSSR count). The Morgan fingerprint density at radius 2 is 1.58 bits per heavy atom. The fraction of sp³-hybridized carbons (Fsp3) is 0.259. The molecule has 1 aliphatic heterocycles. The van der Waals surface area contributed by atoms with Crippen LogP contribution < -0.4 is 15.9 Å². The molecule has 1 amide bonds. The van der Waals surface area contributed by atoms with Crippen molar-refractivity contribution in [3.05, 3.63) is 100 Å². The average molecular weight is 575 g/mol. The summed E-state index contributed by atoms with van der Waals surface area (Å²) < 4.78 is 28.4. The highest BCUT2D eigenvalue weighted by Gasteiger charge is 2.56. The molecule has 38 heavy (non-hydrogen) atoms. The van der Waals surface area contributed by atoms with Crippen molar-refractivity contribution < 1.29 is 13.2 Å². The highest BCUT2D eigenvalue weighted by molar-refractivity contribution is 7.90. The molecule has 0 bridgehead atoms. The molecule has 0 aromatic heterocycles. The molecule has 200 valence electrons. The molecule has 0 aliphatic carbocycles. The molecular weight excluding hydrogens is 545 g/mol. The van der Waals surface area contributed by atoms with Gasteiger partial charge >= 0.3 is 0 Å². The summed E-state index contributed by atoms with van der Waals surface area (Å²) in [5.74, 6) is -2.21. The van der Waals surface area contributed by atoms with Crippen LogP contribution in [-0.2, 0) is 20.4 Å². The van der Waals surface area contributed by atoms with E-state index in [1.165, 1.54) is 29.3 Å². The van der Waals surface area contributed by atoms with Crippen molar-refractivity contribution in [2.45, 2.75) is 30.2 Å². The van der Waals surface area contributed by atoms with Crippen LogP contribution in [0.15, 0.2) is 83.8 Å². The van der Waals surface area contributed by atoms with Crippen LogP contribution in [0.5, 0.6) is 0 Å². The third-order valence-electron chi connectivity index (χ3n) is 6.85. The monoisotopic (exact) mass is 573 g/mol. The van der Waals surface area contributed by atoms with Gasteiger partial charge in [-0.1, -0.05) is 79.5 Å². The van der Waals surface area contributed by atoms with Crippen LogP contribution in [0.3, 0.4) is 0 Å². The van der Waals surface area contributed by atoms with Crippen molar-refractivity contribution >= 4 is 45.1 Å². The van der Waals surface area contributed by atoms with E-state index in [2.05, 4.69) is 10.1 Å². The number of rotatable bonds is 7. The van der Waals surface area contributed by atoms with E-state index in [1.54, 1.807) is 12.1 Å². The van der Waals surface area contributed by atoms with E-state index in [1.807, 2.05) is 56.3 Å². The molecule has 8 nitrogen and oxygen atoms in total. The van der Waals surface area contributed by atoms with E-state index in [4.69, 9.17) is 34.3 Å². The Morgan fingerprint density at radius 3 is 2.11 bits per heavy atom. The van der Waals surface area contributed by atoms with Gasteiger partial charge < -0.3 is 5.73 Å². The number of nitrogens with zero attached hydrogens (tertiary/aromatic N) is 1. The lowest BCUT2D eigenvalue weighted by Crippen LogP contribution is -2.58. The summed E-state index contributed by atoms with van der Waals surface area (Å²) in [6, 6.07) is 22.4. The van der Waals surface area contributed by atoms with Gasteiger partial charge in [-0.15, -0.1) is 0 Å². The Kier molecular flexibility index (Phi) is 8.04. The van der Waals surface area contributed by atoms with E-state index in [9.17, 15) is 13.2 Å². The first kappa shape index (κ1) is 27.9. The Balaban J connectivity index is 1.82.